The van der Waals surface area contributed by atoms with Gasteiger partial charge in [-0.25, -0.2) is 19.2 Å². The van der Waals surface area contributed by atoms with Crippen LogP contribution >= 0.6 is 11.6 Å². The summed E-state index contributed by atoms with van der Waals surface area (Å²) in [6.07, 6.45) is 0.954. The molecule has 0 aliphatic carbocycles. The lowest BCUT2D eigenvalue weighted by Crippen LogP contribution is -2.33. The van der Waals surface area contributed by atoms with Gasteiger partial charge in [-0.15, -0.1) is 0 Å². The third-order valence-electron chi connectivity index (χ3n) is 6.70. The number of halogens is 4. The van der Waals surface area contributed by atoms with Crippen LogP contribution in [0.1, 0.15) is 51.7 Å². The van der Waals surface area contributed by atoms with Crippen molar-refractivity contribution in [2.24, 2.45) is 7.05 Å². The van der Waals surface area contributed by atoms with Gasteiger partial charge in [0.1, 0.15) is 23.7 Å². The lowest BCUT2D eigenvalue weighted by Gasteiger charge is -2.31. The van der Waals surface area contributed by atoms with Gasteiger partial charge in [-0.1, -0.05) is 23.7 Å². The summed E-state index contributed by atoms with van der Waals surface area (Å²) >= 11 is 5.78. The standard InChI is InChI=1S/C29H28ClF3N4O4/c1-36-23-12-19(28(38)39-2)13-24(41-29(32)33)27(23)35-25(36)15-37-10-8-17(9-11-37)22-4-3-5-26(34-22)40-16-18-6-7-20(30)14-21(18)31/h3-7,12-14,17,29H,8-11,15-16H2,1-2H3/i15D2,16D2. The molecule has 4 aromatic rings. The van der Waals surface area contributed by atoms with Gasteiger partial charge in [0.2, 0.25) is 5.88 Å². The average molecular weight is 593 g/mol. The number of pyridine rings is 1. The molecule has 0 atom stereocenters. The Hall–Kier alpha value is -3.83. The first-order chi connectivity index (χ1) is 21.2. The van der Waals surface area contributed by atoms with E-state index in [-0.39, 0.29) is 63.6 Å². The third kappa shape index (κ3) is 6.57. The number of benzene rings is 2. The Labute approximate surface area is 245 Å². The number of aryl methyl sites for hydroxylation is 1. The van der Waals surface area contributed by atoms with Crippen LogP contribution in [0.5, 0.6) is 11.6 Å². The van der Waals surface area contributed by atoms with Gasteiger partial charge in [-0.3, -0.25) is 4.90 Å². The minimum atomic E-state index is -3.20. The molecule has 2 aromatic heterocycles. The number of ether oxygens (including phenoxy) is 3. The zero-order valence-corrected chi connectivity index (χ0v) is 22.8. The number of carbonyl (C=O) groups is 1. The number of nitrogens with zero attached hydrogens (tertiary/aromatic N) is 4. The smallest absolute Gasteiger partial charge is 0.387 e. The quantitative estimate of drug-likeness (QED) is 0.217. The van der Waals surface area contributed by atoms with Crippen LogP contribution < -0.4 is 9.47 Å². The summed E-state index contributed by atoms with van der Waals surface area (Å²) in [5, 5.41) is 0.122. The van der Waals surface area contributed by atoms with Crippen molar-refractivity contribution in [3.8, 4) is 11.6 Å². The maximum atomic E-state index is 14.4. The molecule has 216 valence electrons. The van der Waals surface area contributed by atoms with E-state index in [4.69, 9.17) is 26.6 Å². The van der Waals surface area contributed by atoms with Gasteiger partial charge < -0.3 is 18.8 Å². The SMILES string of the molecule is [2H]C([2H])(Oc1cccc(C2CCN(C([2H])([2H])c3nc4c(OC(F)F)cc(C(=O)OC)cc4n3C)CC2)n1)c1ccc(Cl)cc1F. The van der Waals surface area contributed by atoms with Crippen LogP contribution in [0.3, 0.4) is 0 Å². The number of piperidine rings is 1. The van der Waals surface area contributed by atoms with Crippen molar-refractivity contribution >= 4 is 28.6 Å². The summed E-state index contributed by atoms with van der Waals surface area (Å²) in [5.74, 6) is -2.24. The highest BCUT2D eigenvalue weighted by Gasteiger charge is 2.25. The molecule has 0 N–H and O–H groups in total. The number of alkyl halides is 2. The zero-order chi connectivity index (χ0) is 32.7. The number of hydrogen-bond acceptors (Lipinski definition) is 7. The molecule has 1 aliphatic heterocycles. The molecule has 1 aliphatic rings. The van der Waals surface area contributed by atoms with Crippen LogP contribution in [0.25, 0.3) is 11.0 Å². The Morgan fingerprint density at radius 3 is 2.66 bits per heavy atom. The number of likely N-dealkylation sites (tertiary alicyclic amines) is 1. The van der Waals surface area contributed by atoms with Crippen LogP contribution in [-0.4, -0.2) is 52.2 Å². The number of rotatable bonds is 9. The predicted molar refractivity (Wildman–Crippen MR) is 146 cm³/mol. The Morgan fingerprint density at radius 2 is 1.95 bits per heavy atom. The molecule has 5 rings (SSSR count). The average Bonchev–Trinajstić information content (AvgIpc) is 3.33. The van der Waals surface area contributed by atoms with Crippen LogP contribution in [0, 0.1) is 5.82 Å². The van der Waals surface area contributed by atoms with E-state index in [1.54, 1.807) is 17.0 Å². The Morgan fingerprint density at radius 1 is 1.17 bits per heavy atom. The number of hydrogen-bond donors (Lipinski definition) is 0. The molecule has 3 heterocycles. The van der Waals surface area contributed by atoms with E-state index in [1.165, 1.54) is 35.9 Å². The summed E-state index contributed by atoms with van der Waals surface area (Å²) in [5.41, 5.74) is 0.403. The number of imidazole rings is 1. The molecule has 0 unspecified atom stereocenters. The largest absolute Gasteiger partial charge is 0.473 e. The van der Waals surface area contributed by atoms with Crippen molar-refractivity contribution < 1.29 is 37.7 Å². The summed E-state index contributed by atoms with van der Waals surface area (Å²) < 4.78 is 91.3. The topological polar surface area (TPSA) is 78.7 Å². The van der Waals surface area contributed by atoms with Crippen molar-refractivity contribution in [1.82, 2.24) is 19.4 Å². The third-order valence-corrected chi connectivity index (χ3v) is 6.94. The number of fused-ring (bicyclic) bond motifs is 1. The Bertz CT molecular complexity index is 1740. The fraction of sp³-hybridized carbons (Fsp3) is 0.345. The van der Waals surface area contributed by atoms with Gasteiger partial charge in [0, 0.05) is 35.3 Å². The summed E-state index contributed by atoms with van der Waals surface area (Å²) in [4.78, 5) is 22.5. The van der Waals surface area contributed by atoms with Gasteiger partial charge in [-0.2, -0.15) is 8.78 Å². The molecule has 2 aromatic carbocycles. The van der Waals surface area contributed by atoms with Crippen LogP contribution in [0.2, 0.25) is 5.02 Å². The van der Waals surface area contributed by atoms with Crippen molar-refractivity contribution in [3.05, 3.63) is 82.0 Å². The van der Waals surface area contributed by atoms with Crippen LogP contribution in [0.4, 0.5) is 13.2 Å². The zero-order valence-electron chi connectivity index (χ0n) is 26.0. The molecule has 1 saturated heterocycles. The highest BCUT2D eigenvalue weighted by Crippen LogP contribution is 2.32. The highest BCUT2D eigenvalue weighted by atomic mass is 35.5. The van der Waals surface area contributed by atoms with Crippen molar-refractivity contribution in [3.63, 3.8) is 0 Å². The molecule has 8 nitrogen and oxygen atoms in total. The van der Waals surface area contributed by atoms with E-state index in [1.807, 2.05) is 0 Å². The van der Waals surface area contributed by atoms with E-state index in [0.29, 0.717) is 18.5 Å². The highest BCUT2D eigenvalue weighted by molar-refractivity contribution is 6.30. The summed E-state index contributed by atoms with van der Waals surface area (Å²) in [6, 6.07) is 10.9. The summed E-state index contributed by atoms with van der Waals surface area (Å²) in [6.45, 7) is -7.31. The van der Waals surface area contributed by atoms with E-state index < -0.39 is 31.5 Å². The molecular formula is C29H28ClF3N4O4. The van der Waals surface area contributed by atoms with Crippen LogP contribution in [-0.2, 0) is 24.8 Å². The molecule has 0 spiro atoms. The molecule has 41 heavy (non-hydrogen) atoms. The maximum Gasteiger partial charge on any atom is 0.387 e. The number of esters is 1. The molecule has 12 heteroatoms. The fourth-order valence-corrected chi connectivity index (χ4v) is 4.76. The Kier molecular flexibility index (Phi) is 7.18. The van der Waals surface area contributed by atoms with Gasteiger partial charge in [-0.05, 0) is 56.3 Å². The number of aromatic nitrogens is 3. The second-order valence-corrected chi connectivity index (χ2v) is 9.75. The molecule has 0 saturated carbocycles. The first-order valence-corrected chi connectivity index (χ1v) is 13.0. The normalized spacial score (nSPS) is 16.7. The number of carbonyl (C=O) groups excluding carboxylic acids is 1. The van der Waals surface area contributed by atoms with E-state index in [0.717, 1.165) is 19.2 Å². The fourth-order valence-electron chi connectivity index (χ4n) is 4.60. The van der Waals surface area contributed by atoms with Gasteiger partial charge >= 0.3 is 12.6 Å². The first-order valence-electron chi connectivity index (χ1n) is 14.6. The van der Waals surface area contributed by atoms with E-state index in [2.05, 4.69) is 14.7 Å². The Balaban J connectivity index is 1.34. The minimum Gasteiger partial charge on any atom is -0.473 e. The molecular weight excluding hydrogens is 561 g/mol. The van der Waals surface area contributed by atoms with Gasteiger partial charge in [0.05, 0.1) is 30.2 Å². The van der Waals surface area contributed by atoms with Crippen LogP contribution in [0.15, 0.2) is 48.5 Å². The lowest BCUT2D eigenvalue weighted by molar-refractivity contribution is -0.0489. The van der Waals surface area contributed by atoms with Crippen molar-refractivity contribution in [1.29, 1.82) is 0 Å². The molecule has 0 radical (unpaired) electrons. The maximum absolute atomic E-state index is 14.4. The molecule has 0 bridgehead atoms. The van der Waals surface area contributed by atoms with Gasteiger partial charge in [0.15, 0.2) is 5.75 Å². The van der Waals surface area contributed by atoms with Gasteiger partial charge in [0.25, 0.3) is 0 Å². The molecule has 0 amide bonds. The number of methoxy groups -OCH3 is 1. The first kappa shape index (κ1) is 23.8. The van der Waals surface area contributed by atoms with Crippen molar-refractivity contribution in [2.75, 3.05) is 20.2 Å². The molecule has 1 fully saturated rings. The summed E-state index contributed by atoms with van der Waals surface area (Å²) in [7, 11) is 2.67. The van der Waals surface area contributed by atoms with E-state index in [9.17, 15) is 18.0 Å². The second-order valence-electron chi connectivity index (χ2n) is 9.31. The van der Waals surface area contributed by atoms with E-state index >= 15 is 0 Å². The monoisotopic (exact) mass is 592 g/mol. The second kappa shape index (κ2) is 12.4. The lowest BCUT2D eigenvalue weighted by atomic mass is 9.93. The predicted octanol–water partition coefficient (Wildman–Crippen LogP) is 6.11. The van der Waals surface area contributed by atoms with Crippen molar-refractivity contribution in [2.45, 2.75) is 38.4 Å². The minimum absolute atomic E-state index is 0.0291.